The third kappa shape index (κ3) is 6.10. The van der Waals surface area contributed by atoms with E-state index in [-0.39, 0.29) is 11.8 Å². The standard InChI is InChI=1S/C8H17N3O2/c1-3-10-7(12)4-5-11-8(13)6(2)9/h6H,3-5,9H2,1-2H3,(H,10,12)(H,11,13)/t6-/m1/s1. The van der Waals surface area contributed by atoms with Gasteiger partial charge in [-0.15, -0.1) is 0 Å². The van der Waals surface area contributed by atoms with Crippen molar-refractivity contribution >= 4 is 11.8 Å². The molecule has 0 fully saturated rings. The van der Waals surface area contributed by atoms with Gasteiger partial charge in [0.15, 0.2) is 0 Å². The molecule has 0 rings (SSSR count). The van der Waals surface area contributed by atoms with Crippen LogP contribution >= 0.6 is 0 Å². The average Bonchev–Trinajstić information content (AvgIpc) is 2.04. The molecule has 0 aliphatic carbocycles. The van der Waals surface area contributed by atoms with Gasteiger partial charge in [-0.05, 0) is 13.8 Å². The molecule has 5 nitrogen and oxygen atoms in total. The van der Waals surface area contributed by atoms with E-state index in [9.17, 15) is 9.59 Å². The predicted molar refractivity (Wildman–Crippen MR) is 50.0 cm³/mol. The highest BCUT2D eigenvalue weighted by atomic mass is 16.2. The van der Waals surface area contributed by atoms with E-state index in [4.69, 9.17) is 5.73 Å². The Labute approximate surface area is 78.1 Å². The quantitative estimate of drug-likeness (QED) is 0.515. The van der Waals surface area contributed by atoms with Crippen molar-refractivity contribution in [1.82, 2.24) is 10.6 Å². The van der Waals surface area contributed by atoms with Crippen LogP contribution in [-0.2, 0) is 9.59 Å². The Morgan fingerprint density at radius 3 is 2.46 bits per heavy atom. The third-order valence-electron chi connectivity index (χ3n) is 1.44. The van der Waals surface area contributed by atoms with Crippen molar-refractivity contribution in [2.24, 2.45) is 5.73 Å². The molecule has 0 aliphatic heterocycles. The van der Waals surface area contributed by atoms with Gasteiger partial charge in [-0.3, -0.25) is 9.59 Å². The Hall–Kier alpha value is -1.10. The second kappa shape index (κ2) is 6.42. The van der Waals surface area contributed by atoms with E-state index in [0.29, 0.717) is 19.5 Å². The largest absolute Gasteiger partial charge is 0.356 e. The van der Waals surface area contributed by atoms with E-state index in [1.54, 1.807) is 6.92 Å². The van der Waals surface area contributed by atoms with Gasteiger partial charge in [0.2, 0.25) is 11.8 Å². The summed E-state index contributed by atoms with van der Waals surface area (Å²) in [7, 11) is 0. The lowest BCUT2D eigenvalue weighted by atomic mass is 10.3. The van der Waals surface area contributed by atoms with E-state index >= 15 is 0 Å². The first-order valence-electron chi connectivity index (χ1n) is 4.38. The van der Waals surface area contributed by atoms with E-state index in [1.165, 1.54) is 0 Å². The van der Waals surface area contributed by atoms with Crippen molar-refractivity contribution in [1.29, 1.82) is 0 Å². The van der Waals surface area contributed by atoms with Crippen LogP contribution in [0.5, 0.6) is 0 Å². The van der Waals surface area contributed by atoms with Gasteiger partial charge in [0, 0.05) is 19.5 Å². The number of hydrogen-bond acceptors (Lipinski definition) is 3. The molecule has 0 radical (unpaired) electrons. The van der Waals surface area contributed by atoms with Crippen molar-refractivity contribution in [3.05, 3.63) is 0 Å². The fourth-order valence-electron chi connectivity index (χ4n) is 0.746. The summed E-state index contributed by atoms with van der Waals surface area (Å²) < 4.78 is 0. The zero-order valence-electron chi connectivity index (χ0n) is 8.09. The molecule has 0 saturated heterocycles. The minimum atomic E-state index is -0.519. The lowest BCUT2D eigenvalue weighted by Gasteiger charge is -2.06. The van der Waals surface area contributed by atoms with E-state index in [2.05, 4.69) is 10.6 Å². The molecule has 4 N–H and O–H groups in total. The smallest absolute Gasteiger partial charge is 0.236 e. The van der Waals surface area contributed by atoms with Crippen LogP contribution in [0.15, 0.2) is 0 Å². The number of carbonyl (C=O) groups is 2. The monoisotopic (exact) mass is 187 g/mol. The van der Waals surface area contributed by atoms with Gasteiger partial charge >= 0.3 is 0 Å². The zero-order chi connectivity index (χ0) is 10.3. The number of carbonyl (C=O) groups excluding carboxylic acids is 2. The first-order chi connectivity index (χ1) is 6.07. The molecule has 0 unspecified atom stereocenters. The molecule has 0 heterocycles. The minimum absolute atomic E-state index is 0.0625. The Morgan fingerprint density at radius 1 is 1.38 bits per heavy atom. The molecule has 0 spiro atoms. The van der Waals surface area contributed by atoms with Gasteiger partial charge in [-0.25, -0.2) is 0 Å². The number of nitrogens with one attached hydrogen (secondary N) is 2. The van der Waals surface area contributed by atoms with E-state index in [1.807, 2.05) is 6.92 Å². The van der Waals surface area contributed by atoms with Crippen LogP contribution in [0.4, 0.5) is 0 Å². The van der Waals surface area contributed by atoms with Gasteiger partial charge in [0.25, 0.3) is 0 Å². The second-order valence-electron chi connectivity index (χ2n) is 2.78. The maximum absolute atomic E-state index is 10.9. The molecule has 76 valence electrons. The maximum Gasteiger partial charge on any atom is 0.236 e. The molecule has 13 heavy (non-hydrogen) atoms. The summed E-state index contributed by atoms with van der Waals surface area (Å²) in [5.41, 5.74) is 5.30. The lowest BCUT2D eigenvalue weighted by molar-refractivity contribution is -0.122. The number of rotatable bonds is 5. The molecule has 0 aromatic carbocycles. The number of nitrogens with two attached hydrogens (primary N) is 1. The van der Waals surface area contributed by atoms with Gasteiger partial charge in [0.1, 0.15) is 0 Å². The fourth-order valence-corrected chi connectivity index (χ4v) is 0.746. The van der Waals surface area contributed by atoms with Gasteiger partial charge in [0.05, 0.1) is 6.04 Å². The molecular formula is C8H17N3O2. The van der Waals surface area contributed by atoms with Crippen LogP contribution in [0.1, 0.15) is 20.3 Å². The second-order valence-corrected chi connectivity index (χ2v) is 2.78. The molecule has 0 aromatic rings. The third-order valence-corrected chi connectivity index (χ3v) is 1.44. The van der Waals surface area contributed by atoms with Crippen molar-refractivity contribution < 1.29 is 9.59 Å². The maximum atomic E-state index is 10.9. The van der Waals surface area contributed by atoms with Crippen LogP contribution in [0.25, 0.3) is 0 Å². The SMILES string of the molecule is CCNC(=O)CCNC(=O)[C@@H](C)N. The van der Waals surface area contributed by atoms with Crippen molar-refractivity contribution in [3.8, 4) is 0 Å². The minimum Gasteiger partial charge on any atom is -0.356 e. The van der Waals surface area contributed by atoms with Gasteiger partial charge in [-0.1, -0.05) is 0 Å². The fraction of sp³-hybridized carbons (Fsp3) is 0.750. The highest BCUT2D eigenvalue weighted by molar-refractivity contribution is 5.82. The molecule has 0 saturated carbocycles. The lowest BCUT2D eigenvalue weighted by Crippen LogP contribution is -2.40. The Bertz CT molecular complexity index is 180. The average molecular weight is 187 g/mol. The topological polar surface area (TPSA) is 84.2 Å². The summed E-state index contributed by atoms with van der Waals surface area (Å²) in [5.74, 6) is -0.295. The van der Waals surface area contributed by atoms with Gasteiger partial charge < -0.3 is 16.4 Å². The van der Waals surface area contributed by atoms with Crippen LogP contribution in [-0.4, -0.2) is 30.9 Å². The van der Waals surface area contributed by atoms with Crippen molar-refractivity contribution in [2.75, 3.05) is 13.1 Å². The van der Waals surface area contributed by atoms with Crippen molar-refractivity contribution in [3.63, 3.8) is 0 Å². The van der Waals surface area contributed by atoms with Crippen LogP contribution in [0.3, 0.4) is 0 Å². The molecule has 0 aromatic heterocycles. The summed E-state index contributed by atoms with van der Waals surface area (Å²) in [6.45, 7) is 4.40. The predicted octanol–water partition coefficient (Wildman–Crippen LogP) is -1.02. The number of hydrogen-bond donors (Lipinski definition) is 3. The van der Waals surface area contributed by atoms with E-state index < -0.39 is 6.04 Å². The first-order valence-corrected chi connectivity index (χ1v) is 4.38. The molecular weight excluding hydrogens is 170 g/mol. The highest BCUT2D eigenvalue weighted by Gasteiger charge is 2.06. The van der Waals surface area contributed by atoms with Crippen molar-refractivity contribution in [2.45, 2.75) is 26.3 Å². The zero-order valence-corrected chi connectivity index (χ0v) is 8.09. The Balaban J connectivity index is 3.45. The van der Waals surface area contributed by atoms with Crippen LogP contribution in [0.2, 0.25) is 0 Å². The summed E-state index contributed by atoms with van der Waals surface area (Å²) in [5, 5.41) is 5.17. The summed E-state index contributed by atoms with van der Waals surface area (Å²) in [4.78, 5) is 21.8. The highest BCUT2D eigenvalue weighted by Crippen LogP contribution is 1.79. The number of amides is 2. The summed E-state index contributed by atoms with van der Waals surface area (Å²) in [6, 6.07) is -0.519. The molecule has 1 atom stereocenters. The normalized spacial score (nSPS) is 11.9. The van der Waals surface area contributed by atoms with Gasteiger partial charge in [-0.2, -0.15) is 0 Å². The van der Waals surface area contributed by atoms with Crippen LogP contribution in [0, 0.1) is 0 Å². The molecule has 2 amide bonds. The first kappa shape index (κ1) is 11.9. The van der Waals surface area contributed by atoms with Crippen LogP contribution < -0.4 is 16.4 Å². The molecule has 0 aliphatic rings. The summed E-state index contributed by atoms with van der Waals surface area (Å²) in [6.07, 6.45) is 0.298. The summed E-state index contributed by atoms with van der Waals surface area (Å²) >= 11 is 0. The Kier molecular flexibility index (Phi) is 5.88. The Morgan fingerprint density at radius 2 is 2.00 bits per heavy atom. The van der Waals surface area contributed by atoms with E-state index in [0.717, 1.165) is 0 Å². The molecule has 5 heteroatoms. The molecule has 0 bridgehead atoms.